The Balaban J connectivity index is 1.36. The Kier molecular flexibility index (Phi) is 5.00. The normalized spacial score (nSPS) is 12.0. The second-order valence-electron chi connectivity index (χ2n) is 11.8. The van der Waals surface area contributed by atoms with Crippen molar-refractivity contribution in [3.63, 3.8) is 0 Å². The summed E-state index contributed by atoms with van der Waals surface area (Å²) in [5, 5.41) is 14.5. The molecular weight excluding hydrogens is 548 g/mol. The standard InChI is InChI=1S/C42H26N2O/c1-2-12-29(13-3-1)43(39-19-10-17-35-34-16-7-9-20-41(34)45-42(35)39)44-38-18-8-6-15-33(38)37-25-28-22-24-31-30-14-5-4-11-27(30)21-23-32(31)36(28)26-40(37)44/h1-26H. The van der Waals surface area contributed by atoms with E-state index in [9.17, 15) is 0 Å². The molecular formula is C42H26N2O. The van der Waals surface area contributed by atoms with Crippen LogP contribution in [0.3, 0.4) is 0 Å². The van der Waals surface area contributed by atoms with Gasteiger partial charge in [0.15, 0.2) is 5.58 Å². The van der Waals surface area contributed by atoms with E-state index in [1.165, 1.54) is 43.1 Å². The van der Waals surface area contributed by atoms with Crippen LogP contribution in [0.25, 0.3) is 76.1 Å². The highest BCUT2D eigenvalue weighted by Crippen LogP contribution is 2.43. The molecule has 2 aromatic heterocycles. The fourth-order valence-corrected chi connectivity index (χ4v) is 7.31. The van der Waals surface area contributed by atoms with E-state index in [-0.39, 0.29) is 0 Å². The molecule has 3 nitrogen and oxygen atoms in total. The lowest BCUT2D eigenvalue weighted by Gasteiger charge is -2.28. The third kappa shape index (κ3) is 3.46. The van der Waals surface area contributed by atoms with Crippen LogP contribution >= 0.6 is 0 Å². The number of rotatable bonds is 3. The van der Waals surface area contributed by atoms with Crippen molar-refractivity contribution in [3.8, 4) is 0 Å². The molecule has 0 N–H and O–H groups in total. The van der Waals surface area contributed by atoms with Gasteiger partial charge in [0.2, 0.25) is 0 Å². The predicted molar refractivity (Wildman–Crippen MR) is 190 cm³/mol. The van der Waals surface area contributed by atoms with Gasteiger partial charge in [-0.3, -0.25) is 0 Å². The molecule has 0 atom stereocenters. The molecule has 10 rings (SSSR count). The van der Waals surface area contributed by atoms with Gasteiger partial charge in [-0.25, -0.2) is 9.69 Å². The van der Waals surface area contributed by atoms with Gasteiger partial charge in [-0.15, -0.1) is 0 Å². The van der Waals surface area contributed by atoms with Crippen molar-refractivity contribution in [3.05, 3.63) is 158 Å². The quantitative estimate of drug-likeness (QED) is 0.196. The van der Waals surface area contributed by atoms with E-state index in [0.717, 1.165) is 44.3 Å². The monoisotopic (exact) mass is 574 g/mol. The summed E-state index contributed by atoms with van der Waals surface area (Å²) in [4.78, 5) is 0. The summed E-state index contributed by atoms with van der Waals surface area (Å²) in [5.41, 5.74) is 6.07. The molecule has 8 aromatic carbocycles. The molecule has 10 aromatic rings. The average molecular weight is 575 g/mol. The molecule has 0 amide bonds. The SMILES string of the molecule is c1ccc(N(c2cccc3c2oc2ccccc23)n2c3ccccc3c3cc4ccc5c6ccccc6ccc5c4cc32)cc1. The zero-order chi connectivity index (χ0) is 29.5. The molecule has 3 heteroatoms. The number of fused-ring (bicyclic) bond motifs is 11. The first kappa shape index (κ1) is 24.4. The Bertz CT molecular complexity index is 2770. The summed E-state index contributed by atoms with van der Waals surface area (Å²) in [5.74, 6) is 0. The van der Waals surface area contributed by atoms with Crippen LogP contribution in [0.4, 0.5) is 11.4 Å². The van der Waals surface area contributed by atoms with Gasteiger partial charge >= 0.3 is 0 Å². The maximum atomic E-state index is 6.62. The van der Waals surface area contributed by atoms with E-state index in [4.69, 9.17) is 4.42 Å². The van der Waals surface area contributed by atoms with Crippen molar-refractivity contribution in [1.82, 2.24) is 4.68 Å². The van der Waals surface area contributed by atoms with E-state index in [0.29, 0.717) is 0 Å². The van der Waals surface area contributed by atoms with E-state index in [2.05, 4.69) is 155 Å². The van der Waals surface area contributed by atoms with Gasteiger partial charge in [-0.1, -0.05) is 115 Å². The smallest absolute Gasteiger partial charge is 0.161 e. The summed E-state index contributed by atoms with van der Waals surface area (Å²) >= 11 is 0. The molecule has 0 radical (unpaired) electrons. The summed E-state index contributed by atoms with van der Waals surface area (Å²) in [6, 6.07) is 56.6. The molecule has 2 heterocycles. The Labute approximate surface area is 258 Å². The molecule has 0 saturated carbocycles. The molecule has 0 aliphatic rings. The maximum absolute atomic E-state index is 6.62. The third-order valence-corrected chi connectivity index (χ3v) is 9.32. The van der Waals surface area contributed by atoms with Crippen LogP contribution in [0, 0.1) is 0 Å². The number of aromatic nitrogens is 1. The Morgan fingerprint density at radius 2 is 1.09 bits per heavy atom. The highest BCUT2D eigenvalue weighted by atomic mass is 16.3. The number of hydrogen-bond donors (Lipinski definition) is 0. The number of hydrogen-bond acceptors (Lipinski definition) is 2. The van der Waals surface area contributed by atoms with Gasteiger partial charge in [0.25, 0.3) is 0 Å². The highest BCUT2D eigenvalue weighted by molar-refractivity contribution is 6.22. The minimum atomic E-state index is 0.867. The summed E-state index contributed by atoms with van der Waals surface area (Å²) in [7, 11) is 0. The molecule has 210 valence electrons. The van der Waals surface area contributed by atoms with Crippen molar-refractivity contribution in [2.75, 3.05) is 5.01 Å². The first-order valence-electron chi connectivity index (χ1n) is 15.4. The van der Waals surface area contributed by atoms with Crippen LogP contribution in [-0.4, -0.2) is 4.68 Å². The van der Waals surface area contributed by atoms with Crippen molar-refractivity contribution >= 4 is 87.4 Å². The molecule has 0 spiro atoms. The third-order valence-electron chi connectivity index (χ3n) is 9.32. The largest absolute Gasteiger partial charge is 0.454 e. The second-order valence-corrected chi connectivity index (χ2v) is 11.8. The molecule has 0 unspecified atom stereocenters. The predicted octanol–water partition coefficient (Wildman–Crippen LogP) is 11.8. The summed E-state index contributed by atoms with van der Waals surface area (Å²) in [6.07, 6.45) is 0. The second kappa shape index (κ2) is 9.22. The van der Waals surface area contributed by atoms with Gasteiger partial charge in [0.05, 0.1) is 16.7 Å². The van der Waals surface area contributed by atoms with Crippen LogP contribution in [0.15, 0.2) is 162 Å². The van der Waals surface area contributed by atoms with Gasteiger partial charge in [-0.2, -0.15) is 0 Å². The fourth-order valence-electron chi connectivity index (χ4n) is 7.31. The van der Waals surface area contributed by atoms with Gasteiger partial charge in [0.1, 0.15) is 11.3 Å². The number of nitrogens with zero attached hydrogens (tertiary/aromatic N) is 2. The molecule has 0 aliphatic carbocycles. The summed E-state index contributed by atoms with van der Waals surface area (Å²) in [6.45, 7) is 0. The number of furan rings is 1. The highest BCUT2D eigenvalue weighted by Gasteiger charge is 2.23. The lowest BCUT2D eigenvalue weighted by molar-refractivity contribution is 0.666. The van der Waals surface area contributed by atoms with Gasteiger partial charge < -0.3 is 4.42 Å². The van der Waals surface area contributed by atoms with Crippen molar-refractivity contribution in [2.24, 2.45) is 0 Å². The Morgan fingerprint density at radius 1 is 0.400 bits per heavy atom. The number of para-hydroxylation sites is 4. The Hall–Kier alpha value is -6.06. The van der Waals surface area contributed by atoms with E-state index < -0.39 is 0 Å². The molecule has 45 heavy (non-hydrogen) atoms. The summed E-state index contributed by atoms with van der Waals surface area (Å²) < 4.78 is 9.00. The first-order valence-corrected chi connectivity index (χ1v) is 15.4. The average Bonchev–Trinajstić information content (AvgIpc) is 3.64. The topological polar surface area (TPSA) is 21.3 Å². The van der Waals surface area contributed by atoms with E-state index in [1.54, 1.807) is 0 Å². The minimum absolute atomic E-state index is 0.867. The fraction of sp³-hybridized carbons (Fsp3) is 0. The van der Waals surface area contributed by atoms with Crippen LogP contribution in [0.5, 0.6) is 0 Å². The molecule has 0 bridgehead atoms. The number of anilines is 2. The van der Waals surface area contributed by atoms with Gasteiger partial charge in [-0.05, 0) is 74.8 Å². The Morgan fingerprint density at radius 3 is 1.98 bits per heavy atom. The lowest BCUT2D eigenvalue weighted by atomic mass is 9.96. The van der Waals surface area contributed by atoms with Gasteiger partial charge in [0, 0.05) is 21.5 Å². The number of benzene rings is 8. The van der Waals surface area contributed by atoms with Crippen LogP contribution in [-0.2, 0) is 0 Å². The molecule has 0 saturated heterocycles. The van der Waals surface area contributed by atoms with Crippen LogP contribution in [0.1, 0.15) is 0 Å². The molecule has 0 fully saturated rings. The van der Waals surface area contributed by atoms with Crippen molar-refractivity contribution < 1.29 is 4.42 Å². The maximum Gasteiger partial charge on any atom is 0.161 e. The first-order chi connectivity index (χ1) is 22.3. The lowest BCUT2D eigenvalue weighted by Crippen LogP contribution is -2.24. The van der Waals surface area contributed by atoms with E-state index >= 15 is 0 Å². The van der Waals surface area contributed by atoms with Crippen molar-refractivity contribution in [2.45, 2.75) is 0 Å². The zero-order valence-corrected chi connectivity index (χ0v) is 24.3. The van der Waals surface area contributed by atoms with Crippen molar-refractivity contribution in [1.29, 1.82) is 0 Å². The van der Waals surface area contributed by atoms with Crippen LogP contribution < -0.4 is 5.01 Å². The molecule has 0 aliphatic heterocycles. The van der Waals surface area contributed by atoms with E-state index in [1.807, 2.05) is 12.1 Å². The van der Waals surface area contributed by atoms with Crippen LogP contribution in [0.2, 0.25) is 0 Å². The zero-order valence-electron chi connectivity index (χ0n) is 24.3. The minimum Gasteiger partial charge on any atom is -0.454 e.